The molecule has 0 aliphatic heterocycles. The molecule has 0 spiro atoms. The van der Waals surface area contributed by atoms with Crippen molar-refractivity contribution in [1.82, 2.24) is 0 Å². The van der Waals surface area contributed by atoms with Gasteiger partial charge in [-0.15, -0.1) is 0 Å². The van der Waals surface area contributed by atoms with Crippen molar-refractivity contribution in [2.24, 2.45) is 0 Å². The summed E-state index contributed by atoms with van der Waals surface area (Å²) in [5.74, 6) is -0.972. The second kappa shape index (κ2) is 4.53. The number of benzene rings is 1. The monoisotopic (exact) mass is 223 g/mol. The third kappa shape index (κ3) is 2.97. The summed E-state index contributed by atoms with van der Waals surface area (Å²) in [6.07, 6.45) is 0. The maximum Gasteiger partial charge on any atom is 0.337 e. The number of hydrogen-bond donors (Lipinski definition) is 3. The van der Waals surface area contributed by atoms with Crippen LogP contribution in [-0.2, 0) is 0 Å². The first kappa shape index (κ1) is 12.5. The van der Waals surface area contributed by atoms with E-state index < -0.39 is 11.5 Å². The normalized spacial score (nSPS) is 11.2. The topological polar surface area (TPSA) is 69.6 Å². The highest BCUT2D eigenvalue weighted by Crippen LogP contribution is 2.21. The lowest BCUT2D eigenvalue weighted by atomic mass is 10.0. The predicted octanol–water partition coefficient (Wildman–Crippen LogP) is 1.88. The number of rotatable bonds is 4. The first-order chi connectivity index (χ1) is 7.35. The number of aromatic carboxylic acids is 1. The molecular formula is C12H17NO3. The van der Waals surface area contributed by atoms with Crippen LogP contribution in [-0.4, -0.2) is 28.3 Å². The van der Waals surface area contributed by atoms with E-state index in [2.05, 4.69) is 5.32 Å². The van der Waals surface area contributed by atoms with Crippen LogP contribution in [0.4, 0.5) is 5.69 Å². The molecule has 3 N–H and O–H groups in total. The zero-order valence-corrected chi connectivity index (χ0v) is 9.74. The molecule has 4 heteroatoms. The van der Waals surface area contributed by atoms with Crippen LogP contribution in [0.15, 0.2) is 18.2 Å². The number of aliphatic hydroxyl groups is 1. The minimum Gasteiger partial charge on any atom is -0.478 e. The lowest BCUT2D eigenvalue weighted by Crippen LogP contribution is -2.35. The van der Waals surface area contributed by atoms with E-state index in [1.165, 1.54) is 0 Å². The molecule has 0 aliphatic carbocycles. The van der Waals surface area contributed by atoms with Crippen LogP contribution in [0.5, 0.6) is 0 Å². The minimum atomic E-state index is -0.972. The zero-order chi connectivity index (χ0) is 12.3. The first-order valence-electron chi connectivity index (χ1n) is 5.09. The van der Waals surface area contributed by atoms with Gasteiger partial charge in [-0.25, -0.2) is 4.79 Å². The highest BCUT2D eigenvalue weighted by molar-refractivity contribution is 5.94. The first-order valence-corrected chi connectivity index (χ1v) is 5.09. The lowest BCUT2D eigenvalue weighted by Gasteiger charge is -2.26. The molecule has 4 nitrogen and oxygen atoms in total. The number of anilines is 1. The fraction of sp³-hybridized carbons (Fsp3) is 0.417. The number of aryl methyl sites for hydroxylation is 1. The summed E-state index contributed by atoms with van der Waals surface area (Å²) in [5, 5.41) is 21.2. The van der Waals surface area contributed by atoms with Gasteiger partial charge in [-0.2, -0.15) is 0 Å². The van der Waals surface area contributed by atoms with Crippen LogP contribution in [0.3, 0.4) is 0 Å². The van der Waals surface area contributed by atoms with E-state index in [1.807, 2.05) is 13.0 Å². The zero-order valence-electron chi connectivity index (χ0n) is 9.74. The quantitative estimate of drug-likeness (QED) is 0.729. The summed E-state index contributed by atoms with van der Waals surface area (Å²) in [6, 6.07) is 5.16. The summed E-state index contributed by atoms with van der Waals surface area (Å²) in [5.41, 5.74) is 1.10. The number of carboxylic acid groups (broad SMARTS) is 1. The number of hydrogen-bond acceptors (Lipinski definition) is 3. The summed E-state index contributed by atoms with van der Waals surface area (Å²) < 4.78 is 0. The number of carbonyl (C=O) groups is 1. The molecular weight excluding hydrogens is 206 g/mol. The van der Waals surface area contributed by atoms with Gasteiger partial charge in [-0.1, -0.05) is 11.6 Å². The molecule has 0 radical (unpaired) electrons. The summed E-state index contributed by atoms with van der Waals surface area (Å²) in [7, 11) is 0. The van der Waals surface area contributed by atoms with Gasteiger partial charge < -0.3 is 15.5 Å². The van der Waals surface area contributed by atoms with Crippen molar-refractivity contribution in [3.05, 3.63) is 29.3 Å². The molecule has 0 saturated carbocycles. The van der Waals surface area contributed by atoms with E-state index in [9.17, 15) is 4.79 Å². The smallest absolute Gasteiger partial charge is 0.337 e. The largest absolute Gasteiger partial charge is 0.478 e. The Hall–Kier alpha value is -1.55. The van der Waals surface area contributed by atoms with Crippen molar-refractivity contribution in [2.75, 3.05) is 11.9 Å². The van der Waals surface area contributed by atoms with Gasteiger partial charge in [0.2, 0.25) is 0 Å². The molecule has 0 amide bonds. The van der Waals surface area contributed by atoms with Crippen molar-refractivity contribution in [1.29, 1.82) is 0 Å². The van der Waals surface area contributed by atoms with Crippen LogP contribution < -0.4 is 5.32 Å². The van der Waals surface area contributed by atoms with Gasteiger partial charge >= 0.3 is 5.97 Å². The molecule has 0 heterocycles. The summed E-state index contributed by atoms with van der Waals surface area (Å²) in [4.78, 5) is 11.0. The minimum absolute atomic E-state index is 0.0695. The molecule has 1 aromatic rings. The van der Waals surface area contributed by atoms with Gasteiger partial charge in [-0.3, -0.25) is 0 Å². The maximum absolute atomic E-state index is 11.0. The summed E-state index contributed by atoms with van der Waals surface area (Å²) in [6.45, 7) is 5.38. The average molecular weight is 223 g/mol. The van der Waals surface area contributed by atoms with E-state index >= 15 is 0 Å². The van der Waals surface area contributed by atoms with Gasteiger partial charge in [-0.05, 0) is 32.9 Å². The Morgan fingerprint density at radius 1 is 1.44 bits per heavy atom. The van der Waals surface area contributed by atoms with Crippen LogP contribution >= 0.6 is 0 Å². The predicted molar refractivity (Wildman–Crippen MR) is 62.9 cm³/mol. The molecule has 0 unspecified atom stereocenters. The average Bonchev–Trinajstić information content (AvgIpc) is 2.20. The molecule has 1 aromatic carbocycles. The molecule has 0 atom stereocenters. The lowest BCUT2D eigenvalue weighted by molar-refractivity contribution is 0.0697. The van der Waals surface area contributed by atoms with Gasteiger partial charge in [0, 0.05) is 5.69 Å². The second-order valence-electron chi connectivity index (χ2n) is 4.52. The van der Waals surface area contributed by atoms with Crippen molar-refractivity contribution in [2.45, 2.75) is 26.3 Å². The van der Waals surface area contributed by atoms with Crippen LogP contribution in [0.1, 0.15) is 29.8 Å². The van der Waals surface area contributed by atoms with Crippen LogP contribution in [0, 0.1) is 6.92 Å². The van der Waals surface area contributed by atoms with Crippen molar-refractivity contribution < 1.29 is 15.0 Å². The Kier molecular flexibility index (Phi) is 3.55. The highest BCUT2D eigenvalue weighted by atomic mass is 16.4. The molecule has 0 aromatic heterocycles. The maximum atomic E-state index is 11.0. The Labute approximate surface area is 94.9 Å². The van der Waals surface area contributed by atoms with Gasteiger partial charge in [0.05, 0.1) is 17.7 Å². The van der Waals surface area contributed by atoms with Gasteiger partial charge in [0.25, 0.3) is 0 Å². The van der Waals surface area contributed by atoms with Gasteiger partial charge in [0.1, 0.15) is 0 Å². The van der Waals surface area contributed by atoms with Gasteiger partial charge in [0.15, 0.2) is 0 Å². The number of nitrogens with one attached hydrogen (secondary N) is 1. The van der Waals surface area contributed by atoms with E-state index in [-0.39, 0.29) is 12.2 Å². The Morgan fingerprint density at radius 3 is 2.56 bits per heavy atom. The Morgan fingerprint density at radius 2 is 2.06 bits per heavy atom. The molecule has 16 heavy (non-hydrogen) atoms. The fourth-order valence-corrected chi connectivity index (χ4v) is 1.35. The highest BCUT2D eigenvalue weighted by Gasteiger charge is 2.19. The van der Waals surface area contributed by atoms with Crippen LogP contribution in [0.2, 0.25) is 0 Å². The van der Waals surface area contributed by atoms with E-state index in [0.29, 0.717) is 5.69 Å². The molecule has 0 aliphatic rings. The van der Waals surface area contributed by atoms with Crippen molar-refractivity contribution in [3.8, 4) is 0 Å². The Balaban J connectivity index is 3.09. The fourth-order valence-electron chi connectivity index (χ4n) is 1.35. The molecule has 0 saturated heterocycles. The summed E-state index contributed by atoms with van der Waals surface area (Å²) >= 11 is 0. The third-order valence-corrected chi connectivity index (χ3v) is 2.27. The molecule has 0 bridgehead atoms. The second-order valence-corrected chi connectivity index (χ2v) is 4.52. The molecule has 0 fully saturated rings. The van der Waals surface area contributed by atoms with Crippen molar-refractivity contribution >= 4 is 11.7 Å². The van der Waals surface area contributed by atoms with E-state index in [1.54, 1.807) is 26.0 Å². The Bertz CT molecular complexity index is 399. The van der Waals surface area contributed by atoms with E-state index in [4.69, 9.17) is 10.2 Å². The SMILES string of the molecule is Cc1ccc(NC(C)(C)CO)c(C(=O)O)c1. The number of carboxylic acids is 1. The molecule has 1 rings (SSSR count). The number of aliphatic hydroxyl groups excluding tert-OH is 1. The van der Waals surface area contributed by atoms with E-state index in [0.717, 1.165) is 5.56 Å². The molecule has 88 valence electrons. The standard InChI is InChI=1S/C12H17NO3/c1-8-4-5-10(9(6-8)11(15)16)13-12(2,3)7-14/h4-6,13-14H,7H2,1-3H3,(H,15,16). The van der Waals surface area contributed by atoms with Crippen molar-refractivity contribution in [3.63, 3.8) is 0 Å². The third-order valence-electron chi connectivity index (χ3n) is 2.27. The van der Waals surface area contributed by atoms with Crippen LogP contribution in [0.25, 0.3) is 0 Å².